The van der Waals surface area contributed by atoms with Crippen LogP contribution in [0.1, 0.15) is 126 Å². The Balaban J connectivity index is 0.000000209. The van der Waals surface area contributed by atoms with Gasteiger partial charge in [0, 0.05) is 124 Å². The highest BCUT2D eigenvalue weighted by Crippen LogP contribution is 2.41. The maximum absolute atomic E-state index is 6.44. The van der Waals surface area contributed by atoms with Crippen LogP contribution in [0.2, 0.25) is 54.4 Å². The molecule has 1 aromatic heterocycles. The second kappa shape index (κ2) is 62.0. The van der Waals surface area contributed by atoms with Crippen molar-refractivity contribution < 1.29 is 18.0 Å². The first-order valence-electron chi connectivity index (χ1n) is 52.2. The molecule has 0 bridgehead atoms. The van der Waals surface area contributed by atoms with Crippen molar-refractivity contribution in [3.05, 3.63) is 437 Å². The lowest BCUT2D eigenvalue weighted by atomic mass is 10.1. The molecule has 16 heteroatoms. The number of rotatable bonds is 36. The summed E-state index contributed by atoms with van der Waals surface area (Å²) in [4.78, 5) is 20.6. The van der Waals surface area contributed by atoms with Crippen molar-refractivity contribution in [2.45, 2.75) is 136 Å². The molecule has 0 N–H and O–H groups in total. The summed E-state index contributed by atoms with van der Waals surface area (Å²) in [5.74, 6) is 0.930. The van der Waals surface area contributed by atoms with Gasteiger partial charge in [-0.25, -0.2) is 0 Å². The average molecular weight is 2050 g/mol. The zero-order valence-electron chi connectivity index (χ0n) is 92.8. The Morgan fingerprint density at radius 1 is 0.318 bits per heavy atom. The second-order valence-corrected chi connectivity index (χ2v) is 58.5. The third-order valence-electron chi connectivity index (χ3n) is 27.7. The monoisotopic (exact) mass is 2050 g/mol. The summed E-state index contributed by atoms with van der Waals surface area (Å²) >= 11 is 0. The lowest BCUT2D eigenvalue weighted by Crippen LogP contribution is -2.44. The number of benzene rings is 12. The molecular formula is C132H171N8O4PSi3. The zero-order valence-corrected chi connectivity index (χ0v) is 96.7. The van der Waals surface area contributed by atoms with E-state index in [0.29, 0.717) is 0 Å². The number of likely N-dealkylation sites (N-methyl/N-ethyl adjacent to an activating group) is 2. The van der Waals surface area contributed by atoms with Crippen LogP contribution in [-0.4, -0.2) is 160 Å². The van der Waals surface area contributed by atoms with Gasteiger partial charge in [0.15, 0.2) is 25.0 Å². The molecule has 0 saturated carbocycles. The van der Waals surface area contributed by atoms with Gasteiger partial charge in [0.2, 0.25) is 0 Å². The van der Waals surface area contributed by atoms with Gasteiger partial charge in [0.05, 0.1) is 32.1 Å². The number of hydrogen-bond acceptors (Lipinski definition) is 12. The van der Waals surface area contributed by atoms with E-state index in [9.17, 15) is 0 Å². The van der Waals surface area contributed by atoms with Crippen LogP contribution in [0.3, 0.4) is 0 Å². The number of para-hydroxylation sites is 2. The minimum Gasteiger partial charge on any atom is -0.494 e. The highest BCUT2D eigenvalue weighted by molar-refractivity contribution is 7.79. The summed E-state index contributed by atoms with van der Waals surface area (Å²) in [7, 11) is 2.82. The molecule has 780 valence electrons. The molecule has 12 nitrogen and oxygen atoms in total. The summed E-state index contributed by atoms with van der Waals surface area (Å²) in [5.41, 5.74) is 19.9. The predicted molar refractivity (Wildman–Crippen MR) is 664 cm³/mol. The van der Waals surface area contributed by atoms with Gasteiger partial charge in [-0.2, -0.15) is 0 Å². The topological polar surface area (TPSA) is 72.5 Å². The number of ether oxygens (including phenoxy) is 1. The van der Waals surface area contributed by atoms with Gasteiger partial charge in [0.25, 0.3) is 0 Å². The van der Waals surface area contributed by atoms with Gasteiger partial charge in [-0.05, 0) is 272 Å². The van der Waals surface area contributed by atoms with E-state index in [0.717, 1.165) is 153 Å². The maximum Gasteiger partial charge on any atom is 0.192 e. The first-order valence-corrected chi connectivity index (χ1v) is 62.3. The highest BCUT2D eigenvalue weighted by Gasteiger charge is 2.39. The summed E-state index contributed by atoms with van der Waals surface area (Å²) in [6, 6.07) is 116. The molecule has 0 radical (unpaired) electrons. The standard InChI is InChI=1S/C24H45NO2Si2.C20H17N.C20H17P.C17H29NOSi.C13H18N2.C13H19NO.C13H11N.C12H15N/c1-12-21-13-15-22(16-14-21)25(17-19-26-28(8,9)23(2,3)4)18-20-27-29(10,11)24(5,6)7;2*1-2-17-13-15-20(16-14-17)21(18-9-5-3-6-10-18)19-11-7-4-8-12-19;1-8-15-9-11-16(12-10-15)18(5)13-14-19-20(6,7)17(2,3)4;1-3-12-4-6-13(7-5-12)15-10-8-14(2)9-11-15;1-4-12-6-8-13(9-7-12)15-11-5-10-14(2)3;1-2-11-6-8-12(9-7-11)13-5-3-4-10-14-13;1-2-11-5-7-12(8-6-11)13-9-3-4-10-13/h12-16H,1,17-20H2,2-11H3;2*2-16H,1H2;8-12H,1,13-14H2,2-7H3;3-7H,1,8-11H2,2H3;4,6-9H,1,5,10-11H2,2-3H3;2-10H,1H2;2,5-8H,1,3-4,9-10H2. The van der Waals surface area contributed by atoms with Crippen molar-refractivity contribution in [3.8, 4) is 17.0 Å². The molecule has 13 aromatic rings. The minimum atomic E-state index is -1.74. The van der Waals surface area contributed by atoms with Crippen molar-refractivity contribution in [2.75, 3.05) is 145 Å². The Bertz CT molecular complexity index is 5740. The Kier molecular flexibility index (Phi) is 50.5. The third-order valence-corrected chi connectivity index (χ3v) is 43.7. The fourth-order valence-corrected chi connectivity index (χ4v) is 20.5. The maximum atomic E-state index is 6.44. The van der Waals surface area contributed by atoms with Gasteiger partial charge in [-0.15, -0.1) is 0 Å². The number of nitrogens with zero attached hydrogens (tertiary/aromatic N) is 8. The largest absolute Gasteiger partial charge is 0.494 e. The summed E-state index contributed by atoms with van der Waals surface area (Å²) in [5, 5.41) is 4.86. The van der Waals surface area contributed by atoms with Gasteiger partial charge in [-0.3, -0.25) is 4.98 Å². The Morgan fingerprint density at radius 3 is 0.973 bits per heavy atom. The summed E-state index contributed by atoms with van der Waals surface area (Å²) in [6.07, 6.45) is 20.5. The van der Waals surface area contributed by atoms with Crippen LogP contribution in [0.4, 0.5) is 39.8 Å². The molecule has 2 aliphatic heterocycles. The van der Waals surface area contributed by atoms with E-state index in [-0.39, 0.29) is 15.1 Å². The van der Waals surface area contributed by atoms with E-state index in [1.807, 2.05) is 115 Å². The Labute approximate surface area is 898 Å². The van der Waals surface area contributed by atoms with Crippen molar-refractivity contribution in [1.29, 1.82) is 0 Å². The molecule has 0 spiro atoms. The smallest absolute Gasteiger partial charge is 0.192 e. The van der Waals surface area contributed by atoms with E-state index < -0.39 is 32.9 Å². The fraction of sp³-hybridized carbons (Fsp3) is 0.295. The fourth-order valence-electron chi connectivity index (χ4n) is 15.1. The number of aromatic nitrogens is 1. The SMILES string of the molecule is C=Cc1ccc(-c2ccccn2)cc1.C=Cc1ccc(N(C)CCO[Si](C)(C)C(C)(C)C)cc1.C=Cc1ccc(N(CCO[Si](C)(C)C(C)(C)C)CCO[Si](C)(C)C(C)(C)C)cc1.C=Cc1ccc(N(c2ccccc2)c2ccccc2)cc1.C=Cc1ccc(N2CCCC2)cc1.C=Cc1ccc(N2CCN(C)CC2)cc1.C=Cc1ccc(OCCCN(C)C)cc1.C=Cc1ccc(P(c2ccccc2)c2ccccc2)cc1. The predicted octanol–water partition coefficient (Wildman–Crippen LogP) is 32.9. The third kappa shape index (κ3) is 40.8. The van der Waals surface area contributed by atoms with Gasteiger partial charge < -0.3 is 52.3 Å². The number of hydrogen-bond donors (Lipinski definition) is 0. The molecular weight excluding hydrogens is 1880 g/mol. The Hall–Kier alpha value is -12.6. The van der Waals surface area contributed by atoms with Crippen molar-refractivity contribution in [2.24, 2.45) is 0 Å². The van der Waals surface area contributed by atoms with Crippen molar-refractivity contribution in [3.63, 3.8) is 0 Å². The summed E-state index contributed by atoms with van der Waals surface area (Å²) in [6.45, 7) is 78.4. The molecule has 15 rings (SSSR count). The molecule has 2 fully saturated rings. The van der Waals surface area contributed by atoms with Crippen molar-refractivity contribution in [1.82, 2.24) is 14.8 Å². The molecule has 148 heavy (non-hydrogen) atoms. The quantitative estimate of drug-likeness (QED) is 0.0213. The molecule has 2 saturated heterocycles. The number of piperazine rings is 1. The van der Waals surface area contributed by atoms with Gasteiger partial charge in [0.1, 0.15) is 5.75 Å². The number of anilines is 7. The van der Waals surface area contributed by atoms with Crippen molar-refractivity contribution >= 4 is 137 Å². The van der Waals surface area contributed by atoms with Gasteiger partial charge in [-0.1, -0.05) is 388 Å². The minimum absolute atomic E-state index is 0.231. The second-order valence-electron chi connectivity index (χ2n) is 41.8. The Morgan fingerprint density at radius 2 is 0.622 bits per heavy atom. The normalized spacial score (nSPS) is 12.4. The van der Waals surface area contributed by atoms with E-state index in [1.165, 1.54) is 75.7 Å². The van der Waals surface area contributed by atoms with Crippen LogP contribution >= 0.6 is 7.92 Å². The molecule has 0 aliphatic carbocycles. The molecule has 0 unspecified atom stereocenters. The van der Waals surface area contributed by atoms with Crippen LogP contribution in [-0.2, 0) is 13.3 Å². The lowest BCUT2D eigenvalue weighted by Gasteiger charge is -2.38. The first kappa shape index (κ1) is 121. The molecule has 12 aromatic carbocycles. The van der Waals surface area contributed by atoms with Crippen LogP contribution in [0.5, 0.6) is 5.75 Å². The van der Waals surface area contributed by atoms with E-state index in [1.54, 1.807) is 6.20 Å². The molecule has 3 heterocycles. The first-order chi connectivity index (χ1) is 70.8. The van der Waals surface area contributed by atoms with Crippen LogP contribution in [0.15, 0.2) is 392 Å². The van der Waals surface area contributed by atoms with Gasteiger partial charge >= 0.3 is 0 Å². The lowest BCUT2D eigenvalue weighted by molar-refractivity contribution is 0.276. The molecule has 0 amide bonds. The number of pyridine rings is 1. The van der Waals surface area contributed by atoms with Crippen LogP contribution < -0.4 is 45.2 Å². The summed E-state index contributed by atoms with van der Waals surface area (Å²) < 4.78 is 24.7. The average Bonchev–Trinajstić information content (AvgIpc) is 0.970. The zero-order chi connectivity index (χ0) is 108. The molecule has 0 atom stereocenters. The van der Waals surface area contributed by atoms with Crippen LogP contribution in [0.25, 0.3) is 59.9 Å². The van der Waals surface area contributed by atoms with E-state index >= 15 is 0 Å². The van der Waals surface area contributed by atoms with Crippen LogP contribution in [0, 0.1) is 0 Å². The molecule has 2 aliphatic rings. The van der Waals surface area contributed by atoms with E-state index in [2.05, 4.69) is 489 Å². The highest BCUT2D eigenvalue weighted by atomic mass is 31.1. The van der Waals surface area contributed by atoms with E-state index in [4.69, 9.17) is 18.0 Å².